The van der Waals surface area contributed by atoms with Crippen molar-refractivity contribution in [1.29, 1.82) is 0 Å². The number of ketones is 2. The number of fused-ring (bicyclic) bond motifs is 3. The highest BCUT2D eigenvalue weighted by Gasteiger charge is 2.41. The predicted octanol–water partition coefficient (Wildman–Crippen LogP) is 3.28. The summed E-state index contributed by atoms with van der Waals surface area (Å²) in [6.45, 7) is 0.582. The molecule has 2 aliphatic rings. The molecule has 1 atom stereocenters. The smallest absolute Gasteiger partial charge is 0.329 e. The Morgan fingerprint density at radius 2 is 1.30 bits per heavy atom. The van der Waals surface area contributed by atoms with E-state index in [-0.39, 0.29) is 49.9 Å². The van der Waals surface area contributed by atoms with Crippen LogP contribution in [0.4, 0.5) is 5.69 Å². The molecule has 9 nitrogen and oxygen atoms in total. The molecular formula is C27H17ClN2O7. The Labute approximate surface area is 215 Å². The highest BCUT2D eigenvalue weighted by atomic mass is 35.5. The number of halogens is 1. The van der Waals surface area contributed by atoms with Gasteiger partial charge in [0, 0.05) is 22.3 Å². The summed E-state index contributed by atoms with van der Waals surface area (Å²) in [5.41, 5.74) is 1.13. The Bertz CT molecular complexity index is 1530. The van der Waals surface area contributed by atoms with Gasteiger partial charge in [-0.25, -0.2) is 4.79 Å². The number of nitrogens with one attached hydrogen (secondary N) is 1. The van der Waals surface area contributed by atoms with Crippen LogP contribution in [0.2, 0.25) is 5.02 Å². The van der Waals surface area contributed by atoms with Crippen molar-refractivity contribution in [3.05, 3.63) is 99.1 Å². The van der Waals surface area contributed by atoms with Gasteiger partial charge in [-0.2, -0.15) is 0 Å². The van der Waals surface area contributed by atoms with Gasteiger partial charge in [0.25, 0.3) is 17.7 Å². The molecule has 3 aromatic rings. The molecule has 5 rings (SSSR count). The van der Waals surface area contributed by atoms with Gasteiger partial charge in [-0.3, -0.25) is 28.9 Å². The van der Waals surface area contributed by atoms with Crippen LogP contribution in [0.15, 0.2) is 60.7 Å². The van der Waals surface area contributed by atoms with Gasteiger partial charge in [0.1, 0.15) is 6.04 Å². The molecule has 1 aliphatic carbocycles. The molecule has 0 saturated heterocycles. The number of ether oxygens (including phenoxy) is 1. The largest absolute Gasteiger partial charge is 0.454 e. The second-order valence-electron chi connectivity index (χ2n) is 8.44. The zero-order chi connectivity index (χ0) is 26.4. The Morgan fingerprint density at radius 3 is 1.84 bits per heavy atom. The normalized spacial score (nSPS) is 14.6. The zero-order valence-electron chi connectivity index (χ0n) is 19.2. The van der Waals surface area contributed by atoms with Crippen LogP contribution in [-0.2, 0) is 14.3 Å². The first-order chi connectivity index (χ1) is 17.7. The van der Waals surface area contributed by atoms with Crippen LogP contribution in [0.3, 0.4) is 0 Å². The van der Waals surface area contributed by atoms with Gasteiger partial charge in [-0.15, -0.1) is 0 Å². The molecule has 0 fully saturated rings. The van der Waals surface area contributed by atoms with Crippen LogP contribution in [0.1, 0.15) is 59.5 Å². The molecule has 3 aromatic carbocycles. The van der Waals surface area contributed by atoms with E-state index in [0.717, 1.165) is 4.90 Å². The summed E-state index contributed by atoms with van der Waals surface area (Å²) >= 11 is 6.25. The number of anilines is 1. The number of rotatable bonds is 5. The van der Waals surface area contributed by atoms with E-state index < -0.39 is 42.1 Å². The van der Waals surface area contributed by atoms with Crippen molar-refractivity contribution in [3.63, 3.8) is 0 Å². The molecule has 3 amide bonds. The molecular weight excluding hydrogens is 500 g/mol. The van der Waals surface area contributed by atoms with Crippen molar-refractivity contribution in [2.75, 3.05) is 11.9 Å². The number of carbonyl (C=O) groups is 6. The van der Waals surface area contributed by atoms with Gasteiger partial charge in [0.15, 0.2) is 18.2 Å². The molecule has 1 N–H and O–H groups in total. The first kappa shape index (κ1) is 24.1. The van der Waals surface area contributed by atoms with E-state index in [1.54, 1.807) is 36.4 Å². The number of benzene rings is 3. The van der Waals surface area contributed by atoms with E-state index in [2.05, 4.69) is 5.32 Å². The van der Waals surface area contributed by atoms with E-state index in [4.69, 9.17) is 16.3 Å². The quantitative estimate of drug-likeness (QED) is 0.318. The number of carbonyl (C=O) groups excluding carboxylic acids is 6. The van der Waals surface area contributed by atoms with Gasteiger partial charge in [-0.05, 0) is 31.2 Å². The molecule has 0 aromatic heterocycles. The maximum absolute atomic E-state index is 12.9. The first-order valence-corrected chi connectivity index (χ1v) is 11.5. The average Bonchev–Trinajstić information content (AvgIpc) is 3.16. The summed E-state index contributed by atoms with van der Waals surface area (Å²) < 4.78 is 5.02. The maximum atomic E-state index is 12.9. The number of amides is 3. The van der Waals surface area contributed by atoms with E-state index in [9.17, 15) is 28.8 Å². The van der Waals surface area contributed by atoms with Crippen molar-refractivity contribution in [3.8, 4) is 0 Å². The highest BCUT2D eigenvalue weighted by Crippen LogP contribution is 2.33. The fourth-order valence-corrected chi connectivity index (χ4v) is 4.53. The van der Waals surface area contributed by atoms with Gasteiger partial charge in [-0.1, -0.05) is 48.0 Å². The topological polar surface area (TPSA) is 127 Å². The third-order valence-corrected chi connectivity index (χ3v) is 6.50. The standard InChI is InChI=1S/C27H17ClN2O7/c1-13(30-25(34)16-8-4-5-9-17(16)26(30)35)27(36)37-12-22(31)29-21-11-19-18(10-20(21)28)23(32)14-6-2-3-7-15(14)24(19)33/h2-11,13H,12H2,1H3,(H,29,31)/t13-/m1/s1. The highest BCUT2D eigenvalue weighted by molar-refractivity contribution is 6.36. The lowest BCUT2D eigenvalue weighted by molar-refractivity contribution is -0.150. The number of hydrogen-bond acceptors (Lipinski definition) is 7. The van der Waals surface area contributed by atoms with Gasteiger partial charge < -0.3 is 10.1 Å². The van der Waals surface area contributed by atoms with Gasteiger partial charge >= 0.3 is 5.97 Å². The minimum absolute atomic E-state index is 0.0124. The summed E-state index contributed by atoms with van der Waals surface area (Å²) in [7, 11) is 0. The maximum Gasteiger partial charge on any atom is 0.329 e. The number of esters is 1. The van der Waals surface area contributed by atoms with Crippen molar-refractivity contribution < 1.29 is 33.5 Å². The van der Waals surface area contributed by atoms with Crippen LogP contribution in [-0.4, -0.2) is 52.8 Å². The minimum atomic E-state index is -1.27. The summed E-state index contributed by atoms with van der Waals surface area (Å²) in [6, 6.07) is 13.9. The van der Waals surface area contributed by atoms with E-state index in [0.29, 0.717) is 0 Å². The lowest BCUT2D eigenvalue weighted by atomic mass is 9.84. The van der Waals surface area contributed by atoms with E-state index >= 15 is 0 Å². The fourth-order valence-electron chi connectivity index (χ4n) is 4.32. The molecule has 0 radical (unpaired) electrons. The van der Waals surface area contributed by atoms with Crippen LogP contribution in [0, 0.1) is 0 Å². The number of nitrogens with zero attached hydrogens (tertiary/aromatic N) is 1. The molecule has 10 heteroatoms. The van der Waals surface area contributed by atoms with Gasteiger partial charge in [0.2, 0.25) is 0 Å². The van der Waals surface area contributed by atoms with Crippen molar-refractivity contribution >= 4 is 52.5 Å². The first-order valence-electron chi connectivity index (χ1n) is 11.1. The second-order valence-corrected chi connectivity index (χ2v) is 8.85. The molecule has 1 aliphatic heterocycles. The summed E-state index contributed by atoms with van der Waals surface area (Å²) in [5.74, 6) is -3.75. The Hall–Kier alpha value is -4.63. The van der Waals surface area contributed by atoms with Crippen LogP contribution < -0.4 is 5.32 Å². The fraction of sp³-hybridized carbons (Fsp3) is 0.111. The van der Waals surface area contributed by atoms with Crippen LogP contribution in [0.25, 0.3) is 0 Å². The predicted molar refractivity (Wildman–Crippen MR) is 131 cm³/mol. The van der Waals surface area contributed by atoms with Gasteiger partial charge in [0.05, 0.1) is 21.8 Å². The van der Waals surface area contributed by atoms with Crippen molar-refractivity contribution in [1.82, 2.24) is 4.90 Å². The SMILES string of the molecule is C[C@H](C(=O)OCC(=O)Nc1cc2c(cc1Cl)C(=O)c1ccccc1C2=O)N1C(=O)c2ccccc2C1=O. The molecule has 0 saturated carbocycles. The second kappa shape index (κ2) is 9.11. The molecule has 0 spiro atoms. The summed E-state index contributed by atoms with van der Waals surface area (Å²) in [4.78, 5) is 76.6. The third kappa shape index (κ3) is 3.99. The molecule has 0 bridgehead atoms. The molecule has 37 heavy (non-hydrogen) atoms. The lowest BCUT2D eigenvalue weighted by Crippen LogP contribution is -2.44. The summed E-state index contributed by atoms with van der Waals surface area (Å²) in [6.07, 6.45) is 0. The molecule has 184 valence electrons. The summed E-state index contributed by atoms with van der Waals surface area (Å²) in [5, 5.41) is 2.47. The average molecular weight is 517 g/mol. The Balaban J connectivity index is 1.26. The lowest BCUT2D eigenvalue weighted by Gasteiger charge is -2.21. The minimum Gasteiger partial charge on any atom is -0.454 e. The van der Waals surface area contributed by atoms with E-state index in [1.807, 2.05) is 0 Å². The van der Waals surface area contributed by atoms with Crippen molar-refractivity contribution in [2.24, 2.45) is 0 Å². The third-order valence-electron chi connectivity index (χ3n) is 6.19. The number of imide groups is 1. The Kier molecular flexibility index (Phi) is 5.93. The molecule has 1 heterocycles. The number of hydrogen-bond donors (Lipinski definition) is 1. The Morgan fingerprint density at radius 1 is 0.811 bits per heavy atom. The zero-order valence-corrected chi connectivity index (χ0v) is 20.0. The molecule has 0 unspecified atom stereocenters. The van der Waals surface area contributed by atoms with Crippen molar-refractivity contribution in [2.45, 2.75) is 13.0 Å². The monoisotopic (exact) mass is 516 g/mol. The van der Waals surface area contributed by atoms with Crippen LogP contribution in [0.5, 0.6) is 0 Å². The van der Waals surface area contributed by atoms with E-state index in [1.165, 1.54) is 31.2 Å². The van der Waals surface area contributed by atoms with Crippen LogP contribution >= 0.6 is 11.6 Å².